The Labute approximate surface area is 215 Å². The van der Waals surface area contributed by atoms with E-state index in [0.29, 0.717) is 5.69 Å². The maximum atomic E-state index is 13.7. The molecule has 196 valence electrons. The number of aryl methyl sites for hydroxylation is 1. The number of hydrogen-bond donors (Lipinski definition) is 1. The molecule has 1 atom stereocenters. The van der Waals surface area contributed by atoms with Crippen molar-refractivity contribution in [1.29, 1.82) is 0 Å². The van der Waals surface area contributed by atoms with E-state index in [9.17, 15) is 18.0 Å². The van der Waals surface area contributed by atoms with E-state index in [-0.39, 0.29) is 18.5 Å². The van der Waals surface area contributed by atoms with Gasteiger partial charge in [-0.25, -0.2) is 4.31 Å². The van der Waals surface area contributed by atoms with Crippen LogP contribution in [0.2, 0.25) is 0 Å². The molecule has 0 heterocycles. The van der Waals surface area contributed by atoms with Crippen molar-refractivity contribution in [2.45, 2.75) is 64.6 Å². The Kier molecular flexibility index (Phi) is 9.50. The number of nitrogens with zero attached hydrogens (tertiary/aromatic N) is 3. The Bertz CT molecular complexity index is 1130. The topological polar surface area (TPSA) is 90.0 Å². The highest BCUT2D eigenvalue weighted by Crippen LogP contribution is 2.21. The third-order valence-electron chi connectivity index (χ3n) is 6.62. The van der Waals surface area contributed by atoms with Crippen molar-refractivity contribution in [3.8, 4) is 0 Å². The summed E-state index contributed by atoms with van der Waals surface area (Å²) in [6.45, 7) is 3.45. The van der Waals surface area contributed by atoms with Crippen LogP contribution in [0.4, 0.5) is 5.69 Å². The molecule has 1 unspecified atom stereocenters. The van der Waals surface area contributed by atoms with Crippen LogP contribution in [-0.2, 0) is 26.3 Å². The minimum atomic E-state index is -3.95. The molecule has 2 amide bonds. The molecule has 3 rings (SSSR count). The fourth-order valence-electron chi connectivity index (χ4n) is 4.47. The van der Waals surface area contributed by atoms with Gasteiger partial charge >= 0.3 is 10.2 Å². The van der Waals surface area contributed by atoms with Gasteiger partial charge in [0.05, 0.1) is 5.69 Å². The molecule has 1 aliphatic carbocycles. The number of anilines is 1. The van der Waals surface area contributed by atoms with Crippen molar-refractivity contribution >= 4 is 27.7 Å². The van der Waals surface area contributed by atoms with Gasteiger partial charge in [0.1, 0.15) is 12.6 Å². The Morgan fingerprint density at radius 3 is 2.28 bits per heavy atom. The van der Waals surface area contributed by atoms with Gasteiger partial charge in [-0.2, -0.15) is 12.7 Å². The fourth-order valence-corrected chi connectivity index (χ4v) is 5.53. The number of benzene rings is 2. The van der Waals surface area contributed by atoms with Crippen molar-refractivity contribution in [1.82, 2.24) is 14.5 Å². The second-order valence-electron chi connectivity index (χ2n) is 9.66. The molecule has 1 fully saturated rings. The molecule has 36 heavy (non-hydrogen) atoms. The first-order valence-corrected chi connectivity index (χ1v) is 13.9. The van der Waals surface area contributed by atoms with E-state index >= 15 is 0 Å². The lowest BCUT2D eigenvalue weighted by molar-refractivity contribution is -0.139. The first kappa shape index (κ1) is 27.7. The number of nitrogens with one attached hydrogen (secondary N) is 1. The molecule has 0 saturated heterocycles. The van der Waals surface area contributed by atoms with Gasteiger partial charge in [0.15, 0.2) is 0 Å². The molecule has 0 radical (unpaired) electrons. The highest BCUT2D eigenvalue weighted by Gasteiger charge is 2.33. The lowest BCUT2D eigenvalue weighted by Gasteiger charge is -2.34. The quantitative estimate of drug-likeness (QED) is 0.526. The Balaban J connectivity index is 1.89. The summed E-state index contributed by atoms with van der Waals surface area (Å²) in [5, 5.41) is 3.11. The van der Waals surface area contributed by atoms with Crippen LogP contribution < -0.4 is 9.62 Å². The molecule has 8 nitrogen and oxygen atoms in total. The Morgan fingerprint density at radius 2 is 1.67 bits per heavy atom. The van der Waals surface area contributed by atoms with Crippen LogP contribution in [0.15, 0.2) is 54.6 Å². The summed E-state index contributed by atoms with van der Waals surface area (Å²) >= 11 is 0. The summed E-state index contributed by atoms with van der Waals surface area (Å²) in [4.78, 5) is 28.5. The molecule has 9 heteroatoms. The lowest BCUT2D eigenvalue weighted by atomic mass is 9.95. The standard InChI is InChI=1S/C27H38N4O4S/c1-21-12-11-13-23(18-21)19-30(22(2)27(33)28-24-14-7-5-8-15-24)26(32)20-31(36(34,35)29(3)4)25-16-9-6-10-17-25/h6,9-13,16-18,22,24H,5,7-8,14-15,19-20H2,1-4H3,(H,28,33). The van der Waals surface area contributed by atoms with E-state index in [1.165, 1.54) is 25.4 Å². The maximum Gasteiger partial charge on any atom is 0.304 e. The predicted octanol–water partition coefficient (Wildman–Crippen LogP) is 3.47. The van der Waals surface area contributed by atoms with Crippen molar-refractivity contribution in [3.63, 3.8) is 0 Å². The van der Waals surface area contributed by atoms with Gasteiger partial charge in [-0.1, -0.05) is 67.3 Å². The molecule has 2 aromatic carbocycles. The molecular weight excluding hydrogens is 476 g/mol. The zero-order chi connectivity index (χ0) is 26.3. The largest absolute Gasteiger partial charge is 0.352 e. The van der Waals surface area contributed by atoms with Gasteiger partial charge in [0.2, 0.25) is 11.8 Å². The molecule has 0 bridgehead atoms. The second kappa shape index (κ2) is 12.4. The van der Waals surface area contributed by atoms with Crippen molar-refractivity contribution in [2.75, 3.05) is 24.9 Å². The van der Waals surface area contributed by atoms with E-state index in [0.717, 1.165) is 45.4 Å². The highest BCUT2D eigenvalue weighted by molar-refractivity contribution is 7.90. The molecule has 2 aromatic rings. The number of carbonyl (C=O) groups is 2. The summed E-state index contributed by atoms with van der Waals surface area (Å²) in [5.74, 6) is -0.665. The van der Waals surface area contributed by atoms with Gasteiger partial charge < -0.3 is 10.2 Å². The minimum Gasteiger partial charge on any atom is -0.352 e. The average Bonchev–Trinajstić information content (AvgIpc) is 2.86. The number of rotatable bonds is 10. The first-order chi connectivity index (χ1) is 17.1. The first-order valence-electron chi connectivity index (χ1n) is 12.5. The lowest BCUT2D eigenvalue weighted by Crippen LogP contribution is -2.53. The summed E-state index contributed by atoms with van der Waals surface area (Å²) < 4.78 is 28.5. The van der Waals surface area contributed by atoms with E-state index in [1.807, 2.05) is 31.2 Å². The van der Waals surface area contributed by atoms with E-state index in [4.69, 9.17) is 0 Å². The molecule has 1 N–H and O–H groups in total. The van der Waals surface area contributed by atoms with E-state index in [1.54, 1.807) is 37.3 Å². The van der Waals surface area contributed by atoms with Crippen LogP contribution in [0.5, 0.6) is 0 Å². The van der Waals surface area contributed by atoms with Gasteiger partial charge in [-0.05, 0) is 44.4 Å². The zero-order valence-corrected chi connectivity index (χ0v) is 22.5. The Hall–Kier alpha value is -2.91. The van der Waals surface area contributed by atoms with Gasteiger partial charge in [-0.15, -0.1) is 0 Å². The average molecular weight is 515 g/mol. The summed E-state index contributed by atoms with van der Waals surface area (Å²) in [7, 11) is -1.09. The van der Waals surface area contributed by atoms with Crippen LogP contribution in [0.25, 0.3) is 0 Å². The molecule has 1 saturated carbocycles. The molecular formula is C27H38N4O4S. The summed E-state index contributed by atoms with van der Waals surface area (Å²) in [6.07, 6.45) is 5.22. The zero-order valence-electron chi connectivity index (χ0n) is 21.7. The third-order valence-corrected chi connectivity index (χ3v) is 8.44. The molecule has 0 spiro atoms. The van der Waals surface area contributed by atoms with Crippen LogP contribution in [0, 0.1) is 6.92 Å². The van der Waals surface area contributed by atoms with Crippen molar-refractivity contribution in [2.24, 2.45) is 0 Å². The van der Waals surface area contributed by atoms with Crippen molar-refractivity contribution < 1.29 is 18.0 Å². The van der Waals surface area contributed by atoms with Crippen molar-refractivity contribution in [3.05, 3.63) is 65.7 Å². The van der Waals surface area contributed by atoms with Gasteiger partial charge in [0, 0.05) is 26.7 Å². The summed E-state index contributed by atoms with van der Waals surface area (Å²) in [6, 6.07) is 15.6. The Morgan fingerprint density at radius 1 is 1.00 bits per heavy atom. The number of carbonyl (C=O) groups excluding carboxylic acids is 2. The van der Waals surface area contributed by atoms with Crippen LogP contribution in [0.3, 0.4) is 0 Å². The molecule has 1 aliphatic rings. The van der Waals surface area contributed by atoms with Crippen LogP contribution >= 0.6 is 0 Å². The SMILES string of the molecule is Cc1cccc(CN(C(=O)CN(c2ccccc2)S(=O)(=O)N(C)C)C(C)C(=O)NC2CCCCC2)c1. The fraction of sp³-hybridized carbons (Fsp3) is 0.481. The smallest absolute Gasteiger partial charge is 0.304 e. The number of hydrogen-bond acceptors (Lipinski definition) is 4. The predicted molar refractivity (Wildman–Crippen MR) is 143 cm³/mol. The minimum absolute atomic E-state index is 0.111. The maximum absolute atomic E-state index is 13.7. The normalized spacial score (nSPS) is 15.4. The third kappa shape index (κ3) is 7.07. The molecule has 0 aliphatic heterocycles. The second-order valence-corrected chi connectivity index (χ2v) is 11.7. The summed E-state index contributed by atoms with van der Waals surface area (Å²) in [5.41, 5.74) is 2.30. The van der Waals surface area contributed by atoms with E-state index in [2.05, 4.69) is 5.32 Å². The van der Waals surface area contributed by atoms with Gasteiger partial charge in [0.25, 0.3) is 0 Å². The highest BCUT2D eigenvalue weighted by atomic mass is 32.2. The van der Waals surface area contributed by atoms with Crippen LogP contribution in [0.1, 0.15) is 50.2 Å². The van der Waals surface area contributed by atoms with Gasteiger partial charge in [-0.3, -0.25) is 9.59 Å². The van der Waals surface area contributed by atoms with Crippen LogP contribution in [-0.4, -0.2) is 62.2 Å². The van der Waals surface area contributed by atoms with E-state index < -0.39 is 28.7 Å². The molecule has 0 aromatic heterocycles. The monoisotopic (exact) mass is 514 g/mol. The number of amides is 2. The number of para-hydroxylation sites is 1.